The van der Waals surface area contributed by atoms with Crippen LogP contribution in [0, 0.1) is 6.58 Å². The largest absolute Gasteiger partial charge is 0.780 e. The van der Waals surface area contributed by atoms with E-state index in [-0.39, 0.29) is 0 Å². The molecule has 0 bridgehead atoms. The van der Waals surface area contributed by atoms with Crippen molar-refractivity contribution in [3.63, 3.8) is 0 Å². The summed E-state index contributed by atoms with van der Waals surface area (Å²) in [6, 6.07) is 19.6. The molecular weight excluding hydrogens is 423 g/mol. The molecule has 4 heteroatoms. The van der Waals surface area contributed by atoms with Crippen molar-refractivity contribution < 1.29 is 12.8 Å². The monoisotopic (exact) mass is 434 g/mol. The van der Waals surface area contributed by atoms with Crippen LogP contribution >= 0.6 is 32.1 Å². The molecule has 0 amide bonds. The number of rotatable bonds is 2. The van der Waals surface area contributed by atoms with Crippen LogP contribution in [-0.2, 0) is 25.4 Å². The fraction of sp³-hybridized carbons (Fsp3) is 0. The van der Waals surface area contributed by atoms with E-state index >= 15 is 0 Å². The summed E-state index contributed by atoms with van der Waals surface area (Å²) in [7, 11) is 0. The molecule has 0 aliphatic carbocycles. The van der Waals surface area contributed by atoms with Gasteiger partial charge in [0.15, 0.2) is 0 Å². The van der Waals surface area contributed by atoms with Gasteiger partial charge in [-0.15, -0.1) is 11.8 Å². The van der Waals surface area contributed by atoms with Gasteiger partial charge in [-0.3, -0.25) is 0 Å². The quantitative estimate of drug-likeness (QED) is 0.209. The van der Waals surface area contributed by atoms with Crippen LogP contribution < -0.4 is 0 Å². The van der Waals surface area contributed by atoms with Crippen LogP contribution in [0.15, 0.2) is 75.9 Å². The molecule has 18 heavy (non-hydrogen) atoms. The van der Waals surface area contributed by atoms with Crippen LogP contribution in [0.5, 0.6) is 0 Å². The first kappa shape index (κ1) is 18.0. The first-order chi connectivity index (χ1) is 8.83. The van der Waals surface area contributed by atoms with Crippen molar-refractivity contribution in [3.8, 4) is 0 Å². The molecule has 0 unspecified atom stereocenters. The van der Waals surface area contributed by atoms with Gasteiger partial charge in [-0.2, -0.15) is 4.90 Å². The fourth-order valence-corrected chi connectivity index (χ4v) is 1.63. The van der Waals surface area contributed by atoms with Crippen molar-refractivity contribution >= 4 is 44.7 Å². The zero-order valence-electron chi connectivity index (χ0n) is 9.42. The summed E-state index contributed by atoms with van der Waals surface area (Å²) in [6.07, 6.45) is 0. The second-order valence-electron chi connectivity index (χ2n) is 2.88. The topological polar surface area (TPSA) is 0 Å². The molecule has 0 aliphatic heterocycles. The second-order valence-corrected chi connectivity index (χ2v) is 4.33. The number of halogens is 1. The molecule has 0 aromatic heterocycles. The van der Waals surface area contributed by atoms with Crippen LogP contribution in [0.3, 0.4) is 0 Å². The second kappa shape index (κ2) is 13.4. The van der Waals surface area contributed by atoms with Crippen LogP contribution in [-0.4, -0.2) is 0 Å². The Morgan fingerprint density at radius 3 is 1.72 bits per heavy atom. The molecule has 2 aromatic rings. The van der Waals surface area contributed by atoms with Gasteiger partial charge in [0, 0.05) is 4.90 Å². The van der Waals surface area contributed by atoms with Crippen molar-refractivity contribution in [2.24, 2.45) is 0 Å². The van der Waals surface area contributed by atoms with Crippen molar-refractivity contribution in [3.05, 3.63) is 72.7 Å². The van der Waals surface area contributed by atoms with E-state index in [1.54, 1.807) is 25.8 Å². The first-order valence-electron chi connectivity index (χ1n) is 4.91. The average molecular weight is 435 g/mol. The molecule has 0 N–H and O–H groups in total. The van der Waals surface area contributed by atoms with Crippen LogP contribution in [0.25, 0.3) is 0 Å². The summed E-state index contributed by atoms with van der Waals surface area (Å²) in [4.78, 5) is 2.09. The van der Waals surface area contributed by atoms with Gasteiger partial charge in [0.1, 0.15) is 0 Å². The van der Waals surface area contributed by atoms with Gasteiger partial charge >= 0.3 is 33.1 Å². The smallest absolute Gasteiger partial charge is 0.0624 e. The Labute approximate surface area is 139 Å². The molecule has 2 aromatic carbocycles. The van der Waals surface area contributed by atoms with Crippen LogP contribution in [0.4, 0.5) is 0 Å². The Hall–Kier alpha value is -0.000519. The Kier molecular flexibility index (Phi) is 13.4. The maximum absolute atomic E-state index is 5.20. The summed E-state index contributed by atoms with van der Waals surface area (Å²) in [6.45, 7) is 5.20. The van der Waals surface area contributed by atoms with Gasteiger partial charge in [0.05, 0.1) is 0 Å². The number of thioether (sulfide) groups is 1. The minimum absolute atomic E-state index is 0.905. The maximum Gasteiger partial charge on any atom is -0.0624 e. The van der Waals surface area contributed by atoms with Crippen molar-refractivity contribution in [2.45, 2.75) is 9.79 Å². The Morgan fingerprint density at radius 1 is 0.944 bits per heavy atom. The SMILES string of the molecule is [CH-]=CSc1ccccc1.[Cu][I].[S-]c1ccccc1. The third kappa shape index (κ3) is 9.97. The minimum Gasteiger partial charge on any atom is -0.780 e. The predicted octanol–water partition coefficient (Wildman–Crippen LogP) is 5.20. The molecule has 0 saturated heterocycles. The zero-order chi connectivity index (χ0) is 13.6. The molecule has 0 aliphatic rings. The zero-order valence-corrected chi connectivity index (χ0v) is 14.2. The molecule has 0 nitrogen and oxygen atoms in total. The number of hydrogen-bond donors (Lipinski definition) is 0. The van der Waals surface area contributed by atoms with Gasteiger partial charge in [-0.25, -0.2) is 5.41 Å². The van der Waals surface area contributed by atoms with Gasteiger partial charge in [0.2, 0.25) is 0 Å². The summed E-state index contributed by atoms with van der Waals surface area (Å²) < 4.78 is 0. The van der Waals surface area contributed by atoms with Crippen molar-refractivity contribution in [1.29, 1.82) is 0 Å². The molecule has 2 rings (SSSR count). The van der Waals surface area contributed by atoms with E-state index in [2.05, 4.69) is 12.8 Å². The third-order valence-corrected chi connectivity index (χ3v) is 2.64. The molecule has 0 spiro atoms. The average Bonchev–Trinajstić information content (AvgIpc) is 2.44. The van der Waals surface area contributed by atoms with Crippen LogP contribution in [0.2, 0.25) is 0 Å². The fourth-order valence-electron chi connectivity index (χ4n) is 0.998. The van der Waals surface area contributed by atoms with E-state index in [1.165, 1.54) is 16.7 Å². The molecule has 0 radical (unpaired) electrons. The predicted molar refractivity (Wildman–Crippen MR) is 87.3 cm³/mol. The minimum atomic E-state index is 0.905. The molecular formula is C14H12CuIS2-2. The number of hydrogen-bond acceptors (Lipinski definition) is 2. The summed E-state index contributed by atoms with van der Waals surface area (Å²) in [5.41, 5.74) is 0. The number of benzene rings is 2. The van der Waals surface area contributed by atoms with Crippen molar-refractivity contribution in [2.75, 3.05) is 0 Å². The Morgan fingerprint density at radius 2 is 1.39 bits per heavy atom. The third-order valence-electron chi connectivity index (χ3n) is 1.69. The Balaban J connectivity index is 0.000000289. The molecule has 0 fully saturated rings. The van der Waals surface area contributed by atoms with Crippen LogP contribution in [0.1, 0.15) is 0 Å². The van der Waals surface area contributed by atoms with E-state index < -0.39 is 0 Å². The van der Waals surface area contributed by atoms with E-state index in [0.717, 1.165) is 4.90 Å². The van der Waals surface area contributed by atoms with Gasteiger partial charge < -0.3 is 19.2 Å². The Bertz CT molecular complexity index is 407. The van der Waals surface area contributed by atoms with E-state index in [9.17, 15) is 0 Å². The van der Waals surface area contributed by atoms with Crippen molar-refractivity contribution in [1.82, 2.24) is 0 Å². The van der Waals surface area contributed by atoms with Gasteiger partial charge in [-0.05, 0) is 12.1 Å². The molecule has 0 heterocycles. The summed E-state index contributed by atoms with van der Waals surface area (Å²) >= 11 is 12.2. The van der Waals surface area contributed by atoms with Gasteiger partial charge in [-0.1, -0.05) is 48.5 Å². The summed E-state index contributed by atoms with van der Waals surface area (Å²) in [5.74, 6) is 0. The standard InChI is InChI=1S/C8H7S.C6H6S.Cu.HI/c1-2-9-8-6-4-3-5-7-8;7-6-4-2-1-3-5-6;;/h1-7H;1-5,7H;;1H/q-1;;+1;/p-2. The molecule has 0 saturated carbocycles. The first-order valence-corrected chi connectivity index (χ1v) is 9.24. The van der Waals surface area contributed by atoms with Gasteiger partial charge in [0.25, 0.3) is 0 Å². The van der Waals surface area contributed by atoms with E-state index in [0.29, 0.717) is 0 Å². The van der Waals surface area contributed by atoms with E-state index in [1.807, 2.05) is 60.7 Å². The molecule has 100 valence electrons. The maximum atomic E-state index is 5.20. The summed E-state index contributed by atoms with van der Waals surface area (Å²) in [5, 5.41) is 1.58. The normalized spacial score (nSPS) is 8.17. The van der Waals surface area contributed by atoms with E-state index in [4.69, 9.17) is 19.2 Å². The molecule has 0 atom stereocenters.